The molecule has 0 saturated carbocycles. The summed E-state index contributed by atoms with van der Waals surface area (Å²) in [7, 11) is 0. The molecule has 27 heavy (non-hydrogen) atoms. The van der Waals surface area contributed by atoms with Crippen LogP contribution in [0.2, 0.25) is 5.02 Å². The Labute approximate surface area is 175 Å². The van der Waals surface area contributed by atoms with E-state index in [0.29, 0.717) is 17.4 Å². The molecule has 0 radical (unpaired) electrons. The third-order valence-corrected chi connectivity index (χ3v) is 5.00. The van der Waals surface area contributed by atoms with Crippen LogP contribution in [0.4, 0.5) is 11.5 Å². The van der Waals surface area contributed by atoms with E-state index >= 15 is 0 Å². The first-order valence-electron chi connectivity index (χ1n) is 8.32. The minimum absolute atomic E-state index is 0.475. The number of nitrogens with zero attached hydrogens (tertiary/aromatic N) is 2. The molecule has 134 valence electrons. The van der Waals surface area contributed by atoms with E-state index in [1.807, 2.05) is 60.7 Å². The zero-order valence-electron chi connectivity index (χ0n) is 14.2. The van der Waals surface area contributed by atoms with Crippen molar-refractivity contribution in [3.05, 3.63) is 87.2 Å². The normalized spacial score (nSPS) is 10.7. The molecule has 3 aromatic carbocycles. The Morgan fingerprint density at radius 2 is 1.81 bits per heavy atom. The molecule has 1 N–H and O–H groups in total. The third kappa shape index (κ3) is 4.31. The highest BCUT2D eigenvalue weighted by Gasteiger charge is 2.08. The summed E-state index contributed by atoms with van der Waals surface area (Å²) in [5, 5.41) is 4.83. The summed E-state index contributed by atoms with van der Waals surface area (Å²) >= 11 is 8.68. The summed E-state index contributed by atoms with van der Waals surface area (Å²) < 4.78 is 6.95. The van der Waals surface area contributed by atoms with Crippen LogP contribution in [-0.4, -0.2) is 9.97 Å². The molecule has 0 amide bonds. The van der Waals surface area contributed by atoms with Crippen LogP contribution in [0.15, 0.2) is 73.1 Å². The topological polar surface area (TPSA) is 47.0 Å². The zero-order valence-corrected chi connectivity index (χ0v) is 17.1. The number of hydrogen-bond donors (Lipinski definition) is 1. The average Bonchev–Trinajstić information content (AvgIpc) is 2.69. The molecular weight excluding hydrogens is 473 g/mol. The zero-order chi connectivity index (χ0) is 18.6. The number of aromatic nitrogens is 2. The molecule has 0 unspecified atom stereocenters. The van der Waals surface area contributed by atoms with Crippen molar-refractivity contribution in [2.45, 2.75) is 6.61 Å². The highest BCUT2D eigenvalue weighted by molar-refractivity contribution is 14.1. The fourth-order valence-electron chi connectivity index (χ4n) is 2.70. The minimum atomic E-state index is 0.475. The van der Waals surface area contributed by atoms with E-state index in [1.165, 1.54) is 0 Å². The summed E-state index contributed by atoms with van der Waals surface area (Å²) in [6.45, 7) is 0.475. The molecule has 0 atom stereocenters. The Bertz CT molecular complexity index is 1090. The number of benzene rings is 3. The summed E-state index contributed by atoms with van der Waals surface area (Å²) in [5.41, 5.74) is 2.82. The van der Waals surface area contributed by atoms with E-state index in [1.54, 1.807) is 6.33 Å². The summed E-state index contributed by atoms with van der Waals surface area (Å²) in [4.78, 5) is 8.68. The number of rotatable bonds is 5. The Kier molecular flexibility index (Phi) is 5.40. The first-order valence-corrected chi connectivity index (χ1v) is 9.78. The smallest absolute Gasteiger partial charge is 0.141 e. The maximum absolute atomic E-state index is 6.41. The molecule has 0 bridgehead atoms. The lowest BCUT2D eigenvalue weighted by Crippen LogP contribution is -1.98. The monoisotopic (exact) mass is 487 g/mol. The van der Waals surface area contributed by atoms with Gasteiger partial charge in [0.2, 0.25) is 0 Å². The predicted molar refractivity (Wildman–Crippen MR) is 118 cm³/mol. The number of hydrogen-bond acceptors (Lipinski definition) is 4. The quantitative estimate of drug-likeness (QED) is 0.340. The van der Waals surface area contributed by atoms with Crippen molar-refractivity contribution in [2.24, 2.45) is 0 Å². The van der Waals surface area contributed by atoms with E-state index in [-0.39, 0.29) is 0 Å². The summed E-state index contributed by atoms with van der Waals surface area (Å²) in [6.07, 6.45) is 1.55. The van der Waals surface area contributed by atoms with Crippen LogP contribution in [0.3, 0.4) is 0 Å². The molecule has 4 nitrogen and oxygen atoms in total. The second-order valence-corrected chi connectivity index (χ2v) is 7.58. The Balaban J connectivity index is 1.54. The van der Waals surface area contributed by atoms with Gasteiger partial charge in [-0.2, -0.15) is 0 Å². The largest absolute Gasteiger partial charge is 0.487 e. The van der Waals surface area contributed by atoms with E-state index in [4.69, 9.17) is 16.3 Å². The maximum Gasteiger partial charge on any atom is 0.141 e. The van der Waals surface area contributed by atoms with E-state index in [9.17, 15) is 0 Å². The van der Waals surface area contributed by atoms with Crippen molar-refractivity contribution >= 4 is 56.6 Å². The lowest BCUT2D eigenvalue weighted by atomic mass is 10.2. The molecule has 4 aromatic rings. The van der Waals surface area contributed by atoms with Gasteiger partial charge >= 0.3 is 0 Å². The van der Waals surface area contributed by atoms with Gasteiger partial charge in [-0.3, -0.25) is 0 Å². The number of halogens is 2. The molecule has 1 heterocycles. The van der Waals surface area contributed by atoms with Crippen LogP contribution in [0.5, 0.6) is 5.75 Å². The highest BCUT2D eigenvalue weighted by Crippen LogP contribution is 2.31. The maximum atomic E-state index is 6.41. The van der Waals surface area contributed by atoms with Gasteiger partial charge in [0.1, 0.15) is 24.5 Å². The van der Waals surface area contributed by atoms with Gasteiger partial charge < -0.3 is 10.1 Å². The second kappa shape index (κ2) is 8.10. The SMILES string of the molecule is Clc1cc(Nc2ncnc3ccc(I)cc23)ccc1OCc1ccccc1. The first kappa shape index (κ1) is 18.0. The lowest BCUT2D eigenvalue weighted by Gasteiger charge is -2.12. The van der Waals surface area contributed by atoms with Gasteiger partial charge in [-0.15, -0.1) is 0 Å². The van der Waals surface area contributed by atoms with Gasteiger partial charge in [0, 0.05) is 14.6 Å². The molecule has 4 rings (SSSR count). The molecule has 1 aromatic heterocycles. The summed E-state index contributed by atoms with van der Waals surface area (Å²) in [6, 6.07) is 21.7. The van der Waals surface area contributed by atoms with Crippen molar-refractivity contribution in [3.63, 3.8) is 0 Å². The number of fused-ring (bicyclic) bond motifs is 1. The van der Waals surface area contributed by atoms with E-state index < -0.39 is 0 Å². The van der Waals surface area contributed by atoms with Crippen LogP contribution in [-0.2, 0) is 6.61 Å². The van der Waals surface area contributed by atoms with Gasteiger partial charge in [0.15, 0.2) is 0 Å². The lowest BCUT2D eigenvalue weighted by molar-refractivity contribution is 0.306. The van der Waals surface area contributed by atoms with E-state index in [0.717, 1.165) is 31.5 Å². The van der Waals surface area contributed by atoms with Crippen LogP contribution in [0.25, 0.3) is 10.9 Å². The molecule has 0 aliphatic heterocycles. The molecular formula is C21H15ClIN3O. The molecule has 0 fully saturated rings. The minimum Gasteiger partial charge on any atom is -0.487 e. The van der Waals surface area contributed by atoms with E-state index in [2.05, 4.69) is 43.9 Å². The average molecular weight is 488 g/mol. The van der Waals surface area contributed by atoms with Crippen molar-refractivity contribution in [1.29, 1.82) is 0 Å². The second-order valence-electron chi connectivity index (χ2n) is 5.93. The van der Waals surface area contributed by atoms with Gasteiger partial charge in [-0.25, -0.2) is 9.97 Å². The fourth-order valence-corrected chi connectivity index (χ4v) is 3.42. The molecule has 6 heteroatoms. The van der Waals surface area contributed by atoms with Gasteiger partial charge in [0.05, 0.1) is 10.5 Å². The van der Waals surface area contributed by atoms with Crippen molar-refractivity contribution in [3.8, 4) is 5.75 Å². The first-order chi connectivity index (χ1) is 13.2. The third-order valence-electron chi connectivity index (χ3n) is 4.03. The van der Waals surface area contributed by atoms with Crippen molar-refractivity contribution < 1.29 is 4.74 Å². The van der Waals surface area contributed by atoms with Crippen LogP contribution in [0.1, 0.15) is 5.56 Å². The predicted octanol–water partition coefficient (Wildman–Crippen LogP) is 6.21. The molecule has 0 spiro atoms. The highest BCUT2D eigenvalue weighted by atomic mass is 127. The van der Waals surface area contributed by atoms with Crippen molar-refractivity contribution in [2.75, 3.05) is 5.32 Å². The Morgan fingerprint density at radius 3 is 2.63 bits per heavy atom. The van der Waals surface area contributed by atoms with Crippen molar-refractivity contribution in [1.82, 2.24) is 9.97 Å². The van der Waals surface area contributed by atoms with Crippen LogP contribution >= 0.6 is 34.2 Å². The van der Waals surface area contributed by atoms with Crippen LogP contribution in [0, 0.1) is 3.57 Å². The molecule has 0 aliphatic rings. The number of anilines is 2. The van der Waals surface area contributed by atoms with Gasteiger partial charge in [0.25, 0.3) is 0 Å². The number of ether oxygens (including phenoxy) is 1. The van der Waals surface area contributed by atoms with Gasteiger partial charge in [-0.1, -0.05) is 41.9 Å². The Morgan fingerprint density at radius 1 is 0.963 bits per heavy atom. The Hall–Kier alpha value is -2.38. The van der Waals surface area contributed by atoms with Gasteiger partial charge in [-0.05, 0) is 64.6 Å². The molecule has 0 aliphatic carbocycles. The summed E-state index contributed by atoms with van der Waals surface area (Å²) in [5.74, 6) is 1.39. The number of nitrogens with one attached hydrogen (secondary N) is 1. The molecule has 0 saturated heterocycles. The van der Waals surface area contributed by atoms with Crippen LogP contribution < -0.4 is 10.1 Å². The fraction of sp³-hybridized carbons (Fsp3) is 0.0476. The standard InChI is InChI=1S/C21H15ClIN3O/c22-18-11-16(7-9-20(18)27-12-14-4-2-1-3-5-14)26-21-17-10-15(23)6-8-19(17)24-13-25-21/h1-11,13H,12H2,(H,24,25,26).